The van der Waals surface area contributed by atoms with Crippen LogP contribution in [0.15, 0.2) is 55.6 Å². The van der Waals surface area contributed by atoms with Gasteiger partial charge in [0.15, 0.2) is 0 Å². The molecule has 1 aromatic carbocycles. The van der Waals surface area contributed by atoms with E-state index in [4.69, 9.17) is 9.47 Å². The maximum atomic E-state index is 5.45. The fraction of sp³-hybridized carbons (Fsp3) is 0.464. The van der Waals surface area contributed by atoms with E-state index in [1.165, 1.54) is 44.3 Å². The molecule has 0 N–H and O–H groups in total. The van der Waals surface area contributed by atoms with E-state index >= 15 is 0 Å². The van der Waals surface area contributed by atoms with E-state index < -0.39 is 0 Å². The standard InChI is InChI=1S/C22H27N3O.C6H12O/c1-16-4-5-18-15-23-21-7-6-19(26-3)14-20(21)22(18)25(16)13-10-17-8-11-24(2)12-9-17;1-5-7-6(2,3)4/h4-7,14-15,17H,1,8-13H2,2-3H3;5H,1H2,2-4H3. The summed E-state index contributed by atoms with van der Waals surface area (Å²) in [5, 5.41) is 1.13. The molecule has 0 spiro atoms. The highest BCUT2D eigenvalue weighted by Gasteiger charge is 2.23. The zero-order chi connectivity index (χ0) is 24.0. The number of ether oxygens (including phenoxy) is 2. The lowest BCUT2D eigenvalue weighted by Crippen LogP contribution is -2.33. The van der Waals surface area contributed by atoms with Gasteiger partial charge in [0.05, 0.1) is 30.2 Å². The van der Waals surface area contributed by atoms with E-state index in [0.29, 0.717) is 0 Å². The summed E-state index contributed by atoms with van der Waals surface area (Å²) < 4.78 is 10.4. The molecule has 1 saturated heterocycles. The van der Waals surface area contributed by atoms with Crippen molar-refractivity contribution in [3.8, 4) is 5.75 Å². The Hall–Kier alpha value is -2.79. The second-order valence-corrected chi connectivity index (χ2v) is 9.85. The number of nitrogens with zero attached hydrogens (tertiary/aromatic N) is 3. The molecule has 4 rings (SSSR count). The molecule has 0 saturated carbocycles. The van der Waals surface area contributed by atoms with Gasteiger partial charge in [-0.1, -0.05) is 13.2 Å². The van der Waals surface area contributed by atoms with Crippen molar-refractivity contribution in [2.45, 2.75) is 45.6 Å². The van der Waals surface area contributed by atoms with Gasteiger partial charge in [-0.15, -0.1) is 0 Å². The Labute approximate surface area is 199 Å². The Kier molecular flexibility index (Phi) is 8.20. The molecule has 1 aromatic heterocycles. The van der Waals surface area contributed by atoms with Crippen LogP contribution >= 0.6 is 0 Å². The number of methoxy groups -OCH3 is 1. The predicted octanol–water partition coefficient (Wildman–Crippen LogP) is 6.27. The van der Waals surface area contributed by atoms with Gasteiger partial charge in [0.2, 0.25) is 0 Å². The Bertz CT molecular complexity index is 998. The molecule has 178 valence electrons. The molecule has 33 heavy (non-hydrogen) atoms. The highest BCUT2D eigenvalue weighted by Crippen LogP contribution is 2.38. The molecule has 0 aliphatic carbocycles. The third-order valence-electron chi connectivity index (χ3n) is 6.18. The van der Waals surface area contributed by atoms with Crippen LogP contribution in [0.4, 0.5) is 5.69 Å². The number of likely N-dealkylation sites (tertiary alicyclic amines) is 1. The van der Waals surface area contributed by atoms with Gasteiger partial charge in [-0.25, -0.2) is 0 Å². The molecule has 5 heteroatoms. The summed E-state index contributed by atoms with van der Waals surface area (Å²) in [6, 6.07) is 6.10. The molecule has 2 aromatic rings. The van der Waals surface area contributed by atoms with Crippen molar-refractivity contribution in [1.29, 1.82) is 0 Å². The third kappa shape index (κ3) is 6.61. The molecule has 0 unspecified atom stereocenters. The zero-order valence-corrected chi connectivity index (χ0v) is 20.9. The number of benzene rings is 1. The lowest BCUT2D eigenvalue weighted by molar-refractivity contribution is 0.0775. The van der Waals surface area contributed by atoms with Crippen LogP contribution in [0.1, 0.15) is 45.6 Å². The van der Waals surface area contributed by atoms with Crippen LogP contribution in [-0.2, 0) is 4.74 Å². The summed E-state index contributed by atoms with van der Waals surface area (Å²) in [5.41, 5.74) is 4.36. The van der Waals surface area contributed by atoms with Crippen molar-refractivity contribution in [2.75, 3.05) is 38.7 Å². The number of hydrogen-bond acceptors (Lipinski definition) is 5. The van der Waals surface area contributed by atoms with Gasteiger partial charge in [0.1, 0.15) is 5.75 Å². The monoisotopic (exact) mass is 449 g/mol. The zero-order valence-electron chi connectivity index (χ0n) is 20.9. The van der Waals surface area contributed by atoms with Crippen molar-refractivity contribution in [3.63, 3.8) is 0 Å². The fourth-order valence-corrected chi connectivity index (χ4v) is 4.31. The second-order valence-electron chi connectivity index (χ2n) is 9.85. The van der Waals surface area contributed by atoms with Crippen LogP contribution in [0.3, 0.4) is 0 Å². The Morgan fingerprint density at radius 3 is 2.52 bits per heavy atom. The van der Waals surface area contributed by atoms with E-state index in [9.17, 15) is 0 Å². The maximum Gasteiger partial charge on any atom is 0.119 e. The van der Waals surface area contributed by atoms with Crippen LogP contribution in [0.25, 0.3) is 17.0 Å². The van der Waals surface area contributed by atoms with Crippen molar-refractivity contribution < 1.29 is 9.47 Å². The van der Waals surface area contributed by atoms with E-state index in [1.807, 2.05) is 39.1 Å². The average molecular weight is 450 g/mol. The van der Waals surface area contributed by atoms with Gasteiger partial charge in [0, 0.05) is 29.4 Å². The Morgan fingerprint density at radius 1 is 1.18 bits per heavy atom. The van der Waals surface area contributed by atoms with Crippen molar-refractivity contribution in [2.24, 2.45) is 5.92 Å². The van der Waals surface area contributed by atoms with Crippen molar-refractivity contribution in [3.05, 3.63) is 61.2 Å². The van der Waals surface area contributed by atoms with Crippen molar-refractivity contribution in [1.82, 2.24) is 9.88 Å². The normalized spacial score (nSPS) is 16.8. The lowest BCUT2D eigenvalue weighted by atomic mass is 9.93. The number of anilines is 1. The minimum atomic E-state index is -0.0677. The number of hydrogen-bond donors (Lipinski definition) is 0. The summed E-state index contributed by atoms with van der Waals surface area (Å²) >= 11 is 0. The summed E-state index contributed by atoms with van der Waals surface area (Å²) in [4.78, 5) is 9.42. The van der Waals surface area contributed by atoms with Gasteiger partial charge >= 0.3 is 0 Å². The molecular weight excluding hydrogens is 410 g/mol. The predicted molar refractivity (Wildman–Crippen MR) is 140 cm³/mol. The molecule has 0 atom stereocenters. The highest BCUT2D eigenvalue weighted by atomic mass is 16.5. The maximum absolute atomic E-state index is 5.45. The van der Waals surface area contributed by atoms with E-state index in [1.54, 1.807) is 7.11 Å². The van der Waals surface area contributed by atoms with Gasteiger partial charge in [-0.2, -0.15) is 0 Å². The van der Waals surface area contributed by atoms with Crippen LogP contribution in [0.5, 0.6) is 5.75 Å². The molecule has 0 radical (unpaired) electrons. The molecule has 1 fully saturated rings. The molecule has 5 nitrogen and oxygen atoms in total. The summed E-state index contributed by atoms with van der Waals surface area (Å²) in [5.74, 6) is 1.67. The first-order valence-electron chi connectivity index (χ1n) is 11.8. The number of piperidine rings is 1. The molecular formula is C28H39N3O2. The first-order valence-corrected chi connectivity index (χ1v) is 11.8. The molecule has 3 heterocycles. The van der Waals surface area contributed by atoms with E-state index in [-0.39, 0.29) is 5.60 Å². The van der Waals surface area contributed by atoms with Crippen molar-refractivity contribution >= 4 is 22.7 Å². The van der Waals surface area contributed by atoms with Crippen LogP contribution < -0.4 is 9.64 Å². The first kappa shape index (κ1) is 24.8. The van der Waals surface area contributed by atoms with Gasteiger partial charge in [-0.05, 0) is 96.4 Å². The van der Waals surface area contributed by atoms with Crippen LogP contribution in [-0.4, -0.2) is 49.3 Å². The summed E-state index contributed by atoms with van der Waals surface area (Å²) in [6.45, 7) is 17.1. The fourth-order valence-electron chi connectivity index (χ4n) is 4.31. The van der Waals surface area contributed by atoms with Crippen LogP contribution in [0, 0.1) is 5.92 Å². The average Bonchev–Trinajstić information content (AvgIpc) is 2.78. The Morgan fingerprint density at radius 2 is 1.91 bits per heavy atom. The number of allylic oxidation sites excluding steroid dienone is 1. The highest BCUT2D eigenvalue weighted by molar-refractivity contribution is 5.99. The molecule has 0 amide bonds. The molecule has 2 aliphatic heterocycles. The summed E-state index contributed by atoms with van der Waals surface area (Å²) in [7, 11) is 3.93. The second kappa shape index (κ2) is 10.9. The molecule has 2 aliphatic rings. The quantitative estimate of drug-likeness (QED) is 0.503. The smallest absolute Gasteiger partial charge is 0.119 e. The Balaban J connectivity index is 0.000000383. The van der Waals surface area contributed by atoms with Gasteiger partial charge < -0.3 is 19.3 Å². The number of rotatable bonds is 5. The third-order valence-corrected chi connectivity index (χ3v) is 6.18. The lowest BCUT2D eigenvalue weighted by Gasteiger charge is -2.34. The minimum Gasteiger partial charge on any atom is -0.497 e. The SMILES string of the molecule is C=C1C=Cc2cnc3ccc(OC)cc3c2N1CCC1CCN(C)CC1.C=COC(C)(C)C. The number of pyridine rings is 1. The van der Waals surface area contributed by atoms with Gasteiger partial charge in [-0.3, -0.25) is 4.98 Å². The molecule has 0 bridgehead atoms. The minimum absolute atomic E-state index is 0.0677. The number of fused-ring (bicyclic) bond motifs is 3. The number of aromatic nitrogens is 1. The topological polar surface area (TPSA) is 37.8 Å². The van der Waals surface area contributed by atoms with Crippen LogP contribution in [0.2, 0.25) is 0 Å². The van der Waals surface area contributed by atoms with Gasteiger partial charge in [0.25, 0.3) is 0 Å². The largest absolute Gasteiger partial charge is 0.497 e. The first-order chi connectivity index (χ1) is 15.7. The van der Waals surface area contributed by atoms with E-state index in [0.717, 1.165) is 40.4 Å². The van der Waals surface area contributed by atoms with E-state index in [2.05, 4.69) is 53.2 Å². The summed E-state index contributed by atoms with van der Waals surface area (Å²) in [6.07, 6.45) is 11.4.